The molecule has 1 aromatic heterocycles. The molecule has 106 valence electrons. The number of carbonyl (C=O) groups excluding carboxylic acids is 1. The van der Waals surface area contributed by atoms with E-state index in [0.717, 1.165) is 44.3 Å². The van der Waals surface area contributed by atoms with E-state index in [1.54, 1.807) is 0 Å². The van der Waals surface area contributed by atoms with Crippen molar-refractivity contribution in [3.05, 3.63) is 17.5 Å². The standard InChI is InChI=1S/C14H24N4O/c1-3-11-8-13(18(2)17-11)9-16-12-6-4-10(5-7-12)14(15)19/h8,10,12,16H,3-7,9H2,1-2H3,(H2,15,19). The number of hydrogen-bond donors (Lipinski definition) is 2. The van der Waals surface area contributed by atoms with Crippen LogP contribution in [0.3, 0.4) is 0 Å². The lowest BCUT2D eigenvalue weighted by Crippen LogP contribution is -2.36. The third-order valence-electron chi connectivity index (χ3n) is 4.09. The lowest BCUT2D eigenvalue weighted by atomic mass is 9.85. The number of nitrogens with two attached hydrogens (primary N) is 1. The Morgan fingerprint density at radius 3 is 2.68 bits per heavy atom. The van der Waals surface area contributed by atoms with Crippen LogP contribution in [0.25, 0.3) is 0 Å². The number of aryl methyl sites for hydroxylation is 2. The predicted octanol–water partition coefficient (Wildman–Crippen LogP) is 1.12. The second-order valence-corrected chi connectivity index (χ2v) is 5.44. The van der Waals surface area contributed by atoms with Gasteiger partial charge in [-0.25, -0.2) is 0 Å². The maximum Gasteiger partial charge on any atom is 0.220 e. The summed E-state index contributed by atoms with van der Waals surface area (Å²) >= 11 is 0. The molecule has 1 aromatic rings. The first-order valence-corrected chi connectivity index (χ1v) is 7.14. The summed E-state index contributed by atoms with van der Waals surface area (Å²) in [5.74, 6) is -0.0564. The molecular formula is C14H24N4O. The quantitative estimate of drug-likeness (QED) is 0.837. The molecule has 0 atom stereocenters. The number of hydrogen-bond acceptors (Lipinski definition) is 3. The number of primary amides is 1. The molecule has 0 aromatic carbocycles. The average Bonchev–Trinajstić information content (AvgIpc) is 2.77. The van der Waals surface area contributed by atoms with Crippen molar-refractivity contribution < 1.29 is 4.79 Å². The molecular weight excluding hydrogens is 240 g/mol. The third-order valence-corrected chi connectivity index (χ3v) is 4.09. The molecule has 0 saturated heterocycles. The van der Waals surface area contributed by atoms with Gasteiger partial charge in [-0.1, -0.05) is 6.92 Å². The Morgan fingerprint density at radius 2 is 2.16 bits per heavy atom. The van der Waals surface area contributed by atoms with Crippen molar-refractivity contribution >= 4 is 5.91 Å². The number of nitrogens with one attached hydrogen (secondary N) is 1. The van der Waals surface area contributed by atoms with Crippen LogP contribution in [0, 0.1) is 5.92 Å². The molecule has 0 bridgehead atoms. The minimum atomic E-state index is -0.141. The van der Waals surface area contributed by atoms with Crippen LogP contribution < -0.4 is 11.1 Å². The molecule has 5 nitrogen and oxygen atoms in total. The highest BCUT2D eigenvalue weighted by molar-refractivity contribution is 5.76. The van der Waals surface area contributed by atoms with E-state index >= 15 is 0 Å². The largest absolute Gasteiger partial charge is 0.369 e. The van der Waals surface area contributed by atoms with Crippen molar-refractivity contribution in [1.82, 2.24) is 15.1 Å². The smallest absolute Gasteiger partial charge is 0.220 e. The summed E-state index contributed by atoms with van der Waals surface area (Å²) in [5, 5.41) is 8.01. The van der Waals surface area contributed by atoms with Crippen molar-refractivity contribution in [2.24, 2.45) is 18.7 Å². The molecule has 0 radical (unpaired) electrons. The Bertz CT molecular complexity index is 433. The summed E-state index contributed by atoms with van der Waals surface area (Å²) in [5.41, 5.74) is 7.70. The van der Waals surface area contributed by atoms with Gasteiger partial charge in [-0.2, -0.15) is 5.10 Å². The summed E-state index contributed by atoms with van der Waals surface area (Å²) < 4.78 is 1.95. The topological polar surface area (TPSA) is 72.9 Å². The highest BCUT2D eigenvalue weighted by Crippen LogP contribution is 2.24. The number of nitrogens with zero attached hydrogens (tertiary/aromatic N) is 2. The van der Waals surface area contributed by atoms with Crippen LogP contribution >= 0.6 is 0 Å². The van der Waals surface area contributed by atoms with Crippen molar-refractivity contribution in [1.29, 1.82) is 0 Å². The van der Waals surface area contributed by atoms with Gasteiger partial charge in [-0.3, -0.25) is 9.48 Å². The van der Waals surface area contributed by atoms with Crippen molar-refractivity contribution in [2.75, 3.05) is 0 Å². The first kappa shape index (κ1) is 14.1. The van der Waals surface area contributed by atoms with Gasteiger partial charge in [0.25, 0.3) is 0 Å². The molecule has 0 unspecified atom stereocenters. The lowest BCUT2D eigenvalue weighted by Gasteiger charge is -2.27. The lowest BCUT2D eigenvalue weighted by molar-refractivity contribution is -0.122. The van der Waals surface area contributed by atoms with Crippen molar-refractivity contribution in [3.8, 4) is 0 Å². The number of amides is 1. The zero-order chi connectivity index (χ0) is 13.8. The maximum absolute atomic E-state index is 11.1. The first-order valence-electron chi connectivity index (χ1n) is 7.14. The van der Waals surface area contributed by atoms with Crippen LogP contribution in [-0.4, -0.2) is 21.7 Å². The van der Waals surface area contributed by atoms with Gasteiger partial charge in [0.05, 0.1) is 11.4 Å². The molecule has 1 aliphatic rings. The number of rotatable bonds is 5. The van der Waals surface area contributed by atoms with Crippen LogP contribution in [0.4, 0.5) is 0 Å². The minimum absolute atomic E-state index is 0.0847. The third kappa shape index (κ3) is 3.56. The van der Waals surface area contributed by atoms with E-state index in [1.807, 2.05) is 11.7 Å². The summed E-state index contributed by atoms with van der Waals surface area (Å²) in [6, 6.07) is 2.65. The van der Waals surface area contributed by atoms with Crippen LogP contribution in [-0.2, 0) is 24.8 Å². The Hall–Kier alpha value is -1.36. The van der Waals surface area contributed by atoms with E-state index in [1.165, 1.54) is 5.69 Å². The number of carbonyl (C=O) groups is 1. The van der Waals surface area contributed by atoms with Crippen LogP contribution in [0.15, 0.2) is 6.07 Å². The second kappa shape index (κ2) is 6.19. The minimum Gasteiger partial charge on any atom is -0.369 e. The van der Waals surface area contributed by atoms with Gasteiger partial charge >= 0.3 is 0 Å². The van der Waals surface area contributed by atoms with E-state index in [0.29, 0.717) is 6.04 Å². The molecule has 0 aliphatic heterocycles. The summed E-state index contributed by atoms with van der Waals surface area (Å²) in [4.78, 5) is 11.1. The van der Waals surface area contributed by atoms with E-state index in [2.05, 4.69) is 23.4 Å². The second-order valence-electron chi connectivity index (χ2n) is 5.44. The first-order chi connectivity index (χ1) is 9.10. The highest BCUT2D eigenvalue weighted by atomic mass is 16.1. The number of aromatic nitrogens is 2. The zero-order valence-corrected chi connectivity index (χ0v) is 11.9. The van der Waals surface area contributed by atoms with Crippen LogP contribution in [0.5, 0.6) is 0 Å². The zero-order valence-electron chi connectivity index (χ0n) is 11.9. The normalized spacial score (nSPS) is 23.5. The molecule has 1 saturated carbocycles. The van der Waals surface area contributed by atoms with Gasteiger partial charge in [-0.15, -0.1) is 0 Å². The SMILES string of the molecule is CCc1cc(CNC2CCC(C(N)=O)CC2)n(C)n1. The highest BCUT2D eigenvalue weighted by Gasteiger charge is 2.24. The summed E-state index contributed by atoms with van der Waals surface area (Å²) in [6.07, 6.45) is 4.87. The van der Waals surface area contributed by atoms with Crippen molar-refractivity contribution in [2.45, 2.75) is 51.6 Å². The Kier molecular flexibility index (Phi) is 4.58. The van der Waals surface area contributed by atoms with Gasteiger partial charge < -0.3 is 11.1 Å². The van der Waals surface area contributed by atoms with Gasteiger partial charge in [0, 0.05) is 25.6 Å². The Morgan fingerprint density at radius 1 is 1.47 bits per heavy atom. The fourth-order valence-corrected chi connectivity index (χ4v) is 2.74. The molecule has 19 heavy (non-hydrogen) atoms. The monoisotopic (exact) mass is 264 g/mol. The molecule has 5 heteroatoms. The molecule has 1 aliphatic carbocycles. The summed E-state index contributed by atoms with van der Waals surface area (Å²) in [7, 11) is 1.99. The fraction of sp³-hybridized carbons (Fsp3) is 0.714. The maximum atomic E-state index is 11.1. The van der Waals surface area contributed by atoms with Gasteiger partial charge in [0.2, 0.25) is 5.91 Å². The van der Waals surface area contributed by atoms with E-state index in [4.69, 9.17) is 5.73 Å². The van der Waals surface area contributed by atoms with Gasteiger partial charge in [0.15, 0.2) is 0 Å². The van der Waals surface area contributed by atoms with Crippen molar-refractivity contribution in [3.63, 3.8) is 0 Å². The average molecular weight is 264 g/mol. The van der Waals surface area contributed by atoms with E-state index in [9.17, 15) is 4.79 Å². The fourth-order valence-electron chi connectivity index (χ4n) is 2.74. The molecule has 1 heterocycles. The predicted molar refractivity (Wildman–Crippen MR) is 74.4 cm³/mol. The Labute approximate surface area is 114 Å². The molecule has 2 rings (SSSR count). The van der Waals surface area contributed by atoms with Gasteiger partial charge in [0.1, 0.15) is 0 Å². The van der Waals surface area contributed by atoms with Crippen LogP contribution in [0.2, 0.25) is 0 Å². The molecule has 0 spiro atoms. The summed E-state index contributed by atoms with van der Waals surface area (Å²) in [6.45, 7) is 2.96. The van der Waals surface area contributed by atoms with Crippen LogP contribution in [0.1, 0.15) is 44.0 Å². The Balaban J connectivity index is 1.80. The van der Waals surface area contributed by atoms with E-state index in [-0.39, 0.29) is 11.8 Å². The van der Waals surface area contributed by atoms with E-state index < -0.39 is 0 Å². The molecule has 1 fully saturated rings. The van der Waals surface area contributed by atoms with Gasteiger partial charge in [-0.05, 0) is 38.2 Å². The molecule has 1 amide bonds. The molecule has 3 N–H and O–H groups in total.